The monoisotopic (exact) mass is 375 g/mol. The number of fused-ring (bicyclic) bond motifs is 1. The first kappa shape index (κ1) is 17.1. The molecule has 4 rings (SSSR count). The lowest BCUT2D eigenvalue weighted by atomic mass is 10.0. The highest BCUT2D eigenvalue weighted by Gasteiger charge is 2.11. The summed E-state index contributed by atoms with van der Waals surface area (Å²) in [5, 5.41) is 28.5. The molecule has 0 aliphatic heterocycles. The van der Waals surface area contributed by atoms with Crippen molar-refractivity contribution in [1.82, 2.24) is 4.68 Å². The molecular formula is C21H17N3O2S. The van der Waals surface area contributed by atoms with Gasteiger partial charge in [0, 0.05) is 23.6 Å². The molecule has 0 aliphatic rings. The molecule has 0 amide bonds. The van der Waals surface area contributed by atoms with Crippen molar-refractivity contribution in [2.75, 3.05) is 7.05 Å². The number of nitrogens with zero attached hydrogens (tertiary/aromatic N) is 3. The molecule has 4 aromatic rings. The van der Waals surface area contributed by atoms with Gasteiger partial charge in [-0.25, -0.2) is 4.68 Å². The smallest absolute Gasteiger partial charge is 0.205 e. The minimum atomic E-state index is -0.196. The summed E-state index contributed by atoms with van der Waals surface area (Å²) in [4.78, 5) is 5.04. The Morgan fingerprint density at radius 3 is 2.59 bits per heavy atom. The number of hydrogen-bond acceptors (Lipinski definition) is 5. The van der Waals surface area contributed by atoms with Crippen LogP contribution in [0, 0.1) is 0 Å². The lowest BCUT2D eigenvalue weighted by Gasteiger charge is -2.08. The number of hydrogen-bond donors (Lipinski definition) is 2. The average molecular weight is 375 g/mol. The van der Waals surface area contributed by atoms with Gasteiger partial charge in [-0.3, -0.25) is 4.99 Å². The van der Waals surface area contributed by atoms with Crippen molar-refractivity contribution in [2.45, 2.75) is 0 Å². The van der Waals surface area contributed by atoms with Crippen molar-refractivity contribution < 1.29 is 10.2 Å². The number of rotatable bonds is 3. The normalized spacial score (nSPS) is 12.3. The molecule has 3 aromatic carbocycles. The van der Waals surface area contributed by atoms with Crippen molar-refractivity contribution in [1.29, 1.82) is 0 Å². The second-order valence-electron chi connectivity index (χ2n) is 5.93. The third-order valence-corrected chi connectivity index (χ3v) is 5.21. The van der Waals surface area contributed by atoms with Gasteiger partial charge in [0.05, 0.1) is 11.9 Å². The van der Waals surface area contributed by atoms with Gasteiger partial charge in [-0.1, -0.05) is 48.5 Å². The quantitative estimate of drug-likeness (QED) is 0.416. The molecule has 1 aromatic heterocycles. The standard InChI is InChI=1S/C21H17N3O2S/c1-22-21-24(23-12-15-8-5-11-19(25)20(15)26)18(13-27-21)17-10-4-7-14-6-2-3-9-16(14)17/h2-13,25-26H,1H3. The highest BCUT2D eigenvalue weighted by atomic mass is 32.1. The van der Waals surface area contributed by atoms with E-state index in [1.54, 1.807) is 23.9 Å². The highest BCUT2D eigenvalue weighted by molar-refractivity contribution is 7.07. The second-order valence-corrected chi connectivity index (χ2v) is 6.76. The van der Waals surface area contributed by atoms with Gasteiger partial charge in [0.15, 0.2) is 11.5 Å². The summed E-state index contributed by atoms with van der Waals surface area (Å²) in [7, 11) is 1.72. The maximum absolute atomic E-state index is 10.0. The zero-order valence-corrected chi connectivity index (χ0v) is 15.4. The second kappa shape index (κ2) is 7.09. The van der Waals surface area contributed by atoms with E-state index < -0.39 is 0 Å². The van der Waals surface area contributed by atoms with Crippen molar-refractivity contribution in [3.05, 3.63) is 76.4 Å². The van der Waals surface area contributed by atoms with E-state index in [1.165, 1.54) is 23.6 Å². The van der Waals surface area contributed by atoms with Crippen LogP contribution in [-0.4, -0.2) is 28.2 Å². The van der Waals surface area contributed by atoms with Crippen molar-refractivity contribution in [3.8, 4) is 22.8 Å². The van der Waals surface area contributed by atoms with E-state index in [4.69, 9.17) is 0 Å². The highest BCUT2D eigenvalue weighted by Crippen LogP contribution is 2.30. The van der Waals surface area contributed by atoms with Gasteiger partial charge in [0.25, 0.3) is 0 Å². The maximum atomic E-state index is 10.0. The van der Waals surface area contributed by atoms with Crippen LogP contribution >= 0.6 is 11.3 Å². The summed E-state index contributed by atoms with van der Waals surface area (Å²) in [6, 6.07) is 19.1. The number of thiazole rings is 1. The number of benzene rings is 3. The van der Waals surface area contributed by atoms with E-state index in [2.05, 4.69) is 34.4 Å². The van der Waals surface area contributed by atoms with Crippen molar-refractivity contribution >= 4 is 28.3 Å². The van der Waals surface area contributed by atoms with Crippen LogP contribution in [0.2, 0.25) is 0 Å². The van der Waals surface area contributed by atoms with E-state index in [-0.39, 0.29) is 11.5 Å². The van der Waals surface area contributed by atoms with Crippen LogP contribution in [0.3, 0.4) is 0 Å². The molecule has 0 saturated carbocycles. The summed E-state index contributed by atoms with van der Waals surface area (Å²) in [5.41, 5.74) is 2.39. The molecule has 27 heavy (non-hydrogen) atoms. The first-order chi connectivity index (χ1) is 13.2. The average Bonchev–Trinajstić information content (AvgIpc) is 3.11. The zero-order valence-electron chi connectivity index (χ0n) is 14.6. The lowest BCUT2D eigenvalue weighted by Crippen LogP contribution is -2.11. The Bertz CT molecular complexity index is 1220. The number of aromatic hydroxyl groups is 2. The van der Waals surface area contributed by atoms with Gasteiger partial charge >= 0.3 is 0 Å². The maximum Gasteiger partial charge on any atom is 0.205 e. The number of aromatic nitrogens is 1. The predicted molar refractivity (Wildman–Crippen MR) is 110 cm³/mol. The summed E-state index contributed by atoms with van der Waals surface area (Å²) >= 11 is 1.49. The Labute approximate surface area is 159 Å². The van der Waals surface area contributed by atoms with Crippen molar-refractivity contribution in [3.63, 3.8) is 0 Å². The van der Waals surface area contributed by atoms with Gasteiger partial charge < -0.3 is 10.2 Å². The fourth-order valence-corrected chi connectivity index (χ4v) is 3.76. The molecular weight excluding hydrogens is 358 g/mol. The molecule has 0 bridgehead atoms. The van der Waals surface area contributed by atoms with Crippen LogP contribution in [0.25, 0.3) is 22.0 Å². The Kier molecular flexibility index (Phi) is 4.48. The van der Waals surface area contributed by atoms with E-state index in [9.17, 15) is 10.2 Å². The third kappa shape index (κ3) is 3.11. The van der Waals surface area contributed by atoms with Gasteiger partial charge in [-0.15, -0.1) is 11.3 Å². The fraction of sp³-hybridized carbons (Fsp3) is 0.0476. The van der Waals surface area contributed by atoms with Gasteiger partial charge in [-0.2, -0.15) is 5.10 Å². The molecule has 6 heteroatoms. The lowest BCUT2D eigenvalue weighted by molar-refractivity contribution is 0.403. The molecule has 0 fully saturated rings. The first-order valence-electron chi connectivity index (χ1n) is 8.36. The molecule has 0 spiro atoms. The summed E-state index contributed by atoms with van der Waals surface area (Å²) in [5.74, 6) is -0.372. The van der Waals surface area contributed by atoms with Crippen molar-refractivity contribution in [2.24, 2.45) is 10.1 Å². The minimum absolute atomic E-state index is 0.177. The van der Waals surface area contributed by atoms with E-state index >= 15 is 0 Å². The number of phenols is 2. The molecule has 0 atom stereocenters. The fourth-order valence-electron chi connectivity index (χ4n) is 2.97. The number of para-hydroxylation sites is 1. The van der Waals surface area contributed by atoms with E-state index in [1.807, 2.05) is 23.6 Å². The van der Waals surface area contributed by atoms with Crippen LogP contribution in [0.15, 0.2) is 76.1 Å². The first-order valence-corrected chi connectivity index (χ1v) is 9.24. The molecule has 0 aliphatic carbocycles. The molecule has 0 radical (unpaired) electrons. The Morgan fingerprint density at radius 2 is 1.74 bits per heavy atom. The molecule has 2 N–H and O–H groups in total. The molecule has 134 valence electrons. The van der Waals surface area contributed by atoms with Crippen LogP contribution in [-0.2, 0) is 0 Å². The predicted octanol–water partition coefficient (Wildman–Crippen LogP) is 4.19. The third-order valence-electron chi connectivity index (χ3n) is 4.30. The largest absolute Gasteiger partial charge is 0.504 e. The summed E-state index contributed by atoms with van der Waals surface area (Å²) in [6.07, 6.45) is 1.52. The molecule has 0 unspecified atom stereocenters. The van der Waals surface area contributed by atoms with E-state index in [0.717, 1.165) is 26.8 Å². The molecule has 5 nitrogen and oxygen atoms in total. The van der Waals surface area contributed by atoms with Gasteiger partial charge in [0.2, 0.25) is 4.80 Å². The molecule has 1 heterocycles. The Balaban J connectivity index is 1.89. The van der Waals surface area contributed by atoms with Gasteiger partial charge in [-0.05, 0) is 22.9 Å². The Hall–Kier alpha value is -3.38. The summed E-state index contributed by atoms with van der Waals surface area (Å²) < 4.78 is 1.75. The SMILES string of the molecule is CN=c1scc(-c2cccc3ccccc23)n1N=Cc1cccc(O)c1O. The minimum Gasteiger partial charge on any atom is -0.504 e. The van der Waals surface area contributed by atoms with Crippen LogP contribution in [0.5, 0.6) is 11.5 Å². The Morgan fingerprint density at radius 1 is 0.963 bits per heavy atom. The topological polar surface area (TPSA) is 70.1 Å². The van der Waals surface area contributed by atoms with Gasteiger partial charge in [0.1, 0.15) is 0 Å². The van der Waals surface area contributed by atoms with Crippen LogP contribution in [0.4, 0.5) is 0 Å². The van der Waals surface area contributed by atoms with E-state index in [0.29, 0.717) is 5.56 Å². The number of phenolic OH excluding ortho intramolecular Hbond substituents is 2. The zero-order chi connectivity index (χ0) is 18.8. The molecule has 0 saturated heterocycles. The summed E-state index contributed by atoms with van der Waals surface area (Å²) in [6.45, 7) is 0. The van der Waals surface area contributed by atoms with Crippen LogP contribution < -0.4 is 4.80 Å². The van der Waals surface area contributed by atoms with Crippen LogP contribution in [0.1, 0.15) is 5.56 Å².